The van der Waals surface area contributed by atoms with Crippen molar-refractivity contribution in [2.45, 2.75) is 111 Å². The zero-order valence-electron chi connectivity index (χ0n) is 16.6. The summed E-state index contributed by atoms with van der Waals surface area (Å²) in [6.45, 7) is 6.26. The Hall–Kier alpha value is -0.790. The first-order chi connectivity index (χ1) is 11.6. The number of hydrogen-bond acceptors (Lipinski definition) is 1. The van der Waals surface area contributed by atoms with Gasteiger partial charge in [-0.05, 0) is 38.0 Å². The third kappa shape index (κ3) is 16.1. The molecule has 142 valence electrons. The van der Waals surface area contributed by atoms with E-state index in [0.29, 0.717) is 5.92 Å². The highest BCUT2D eigenvalue weighted by Crippen LogP contribution is 2.19. The van der Waals surface area contributed by atoms with Crippen molar-refractivity contribution in [1.82, 2.24) is 0 Å². The summed E-state index contributed by atoms with van der Waals surface area (Å²) in [5.74, 6) is -0.307. The summed E-state index contributed by atoms with van der Waals surface area (Å²) < 4.78 is 0. The lowest BCUT2D eigenvalue weighted by Crippen LogP contribution is -2.13. The smallest absolute Gasteiger partial charge is 0.306 e. The van der Waals surface area contributed by atoms with Crippen molar-refractivity contribution in [1.29, 1.82) is 0 Å². The van der Waals surface area contributed by atoms with E-state index in [1.165, 1.54) is 83.5 Å². The SMILES string of the molecule is CCCCC/C=C/CCCCCCCCCC(C)CC(C)C(=O)O. The molecular weight excluding hydrogens is 296 g/mol. The van der Waals surface area contributed by atoms with Gasteiger partial charge in [-0.1, -0.05) is 90.7 Å². The molecule has 0 radical (unpaired) electrons. The molecule has 0 aliphatic heterocycles. The number of carbonyl (C=O) groups is 1. The van der Waals surface area contributed by atoms with Gasteiger partial charge in [-0.25, -0.2) is 0 Å². The summed E-state index contributed by atoms with van der Waals surface area (Å²) in [5.41, 5.74) is 0. The molecule has 1 N–H and O–H groups in total. The standard InChI is InChI=1S/C22H42O2/c1-4-5-6-7-8-9-10-11-12-13-14-15-16-17-18-20(2)19-21(3)22(23)24/h8-9,20-21H,4-7,10-19H2,1-3H3,(H,23,24)/b9-8+. The molecule has 24 heavy (non-hydrogen) atoms. The number of allylic oxidation sites excluding steroid dienone is 2. The van der Waals surface area contributed by atoms with E-state index in [1.54, 1.807) is 0 Å². The van der Waals surface area contributed by atoms with Crippen LogP contribution in [0.25, 0.3) is 0 Å². The van der Waals surface area contributed by atoms with Gasteiger partial charge < -0.3 is 5.11 Å². The van der Waals surface area contributed by atoms with Crippen molar-refractivity contribution in [2.75, 3.05) is 0 Å². The first kappa shape index (κ1) is 23.2. The van der Waals surface area contributed by atoms with Crippen molar-refractivity contribution in [3.05, 3.63) is 12.2 Å². The van der Waals surface area contributed by atoms with Crippen LogP contribution < -0.4 is 0 Å². The second-order valence-corrected chi connectivity index (χ2v) is 7.60. The fraction of sp³-hybridized carbons (Fsp3) is 0.864. The third-order valence-corrected chi connectivity index (χ3v) is 4.89. The van der Waals surface area contributed by atoms with Crippen LogP contribution in [0.15, 0.2) is 12.2 Å². The summed E-state index contributed by atoms with van der Waals surface area (Å²) in [4.78, 5) is 10.8. The number of carboxylic acids is 1. The number of unbranched alkanes of at least 4 members (excludes halogenated alkanes) is 10. The fourth-order valence-electron chi connectivity index (χ4n) is 3.21. The van der Waals surface area contributed by atoms with Crippen LogP contribution in [0, 0.1) is 11.8 Å². The van der Waals surface area contributed by atoms with E-state index in [9.17, 15) is 4.79 Å². The molecule has 0 bridgehead atoms. The molecule has 0 rings (SSSR count). The van der Waals surface area contributed by atoms with E-state index in [-0.39, 0.29) is 5.92 Å². The molecule has 0 fully saturated rings. The summed E-state index contributed by atoms with van der Waals surface area (Å²) in [6, 6.07) is 0. The lowest BCUT2D eigenvalue weighted by molar-refractivity contribution is -0.141. The number of rotatable bonds is 17. The Morgan fingerprint density at radius 1 is 0.833 bits per heavy atom. The second-order valence-electron chi connectivity index (χ2n) is 7.60. The van der Waals surface area contributed by atoms with E-state index in [4.69, 9.17) is 5.11 Å². The van der Waals surface area contributed by atoms with Gasteiger partial charge in [0.25, 0.3) is 0 Å². The van der Waals surface area contributed by atoms with Crippen LogP contribution in [0.1, 0.15) is 111 Å². The number of hydrogen-bond donors (Lipinski definition) is 1. The highest BCUT2D eigenvalue weighted by molar-refractivity contribution is 5.69. The molecule has 0 aromatic rings. The Kier molecular flexibility index (Phi) is 16.5. The van der Waals surface area contributed by atoms with Gasteiger partial charge in [0.1, 0.15) is 0 Å². The largest absolute Gasteiger partial charge is 0.481 e. The van der Waals surface area contributed by atoms with E-state index in [2.05, 4.69) is 26.0 Å². The van der Waals surface area contributed by atoms with Crippen LogP contribution >= 0.6 is 0 Å². The minimum atomic E-state index is -0.655. The molecule has 0 heterocycles. The highest BCUT2D eigenvalue weighted by Gasteiger charge is 2.14. The monoisotopic (exact) mass is 338 g/mol. The quantitative estimate of drug-likeness (QED) is 0.222. The molecule has 0 saturated carbocycles. The van der Waals surface area contributed by atoms with Gasteiger partial charge in [0, 0.05) is 0 Å². The Morgan fingerprint density at radius 3 is 1.88 bits per heavy atom. The van der Waals surface area contributed by atoms with Crippen LogP contribution in [0.4, 0.5) is 0 Å². The van der Waals surface area contributed by atoms with Crippen molar-refractivity contribution < 1.29 is 9.90 Å². The van der Waals surface area contributed by atoms with Crippen molar-refractivity contribution >= 4 is 5.97 Å². The molecule has 2 atom stereocenters. The van der Waals surface area contributed by atoms with E-state index in [1.807, 2.05) is 6.92 Å². The van der Waals surface area contributed by atoms with Crippen LogP contribution in [0.5, 0.6) is 0 Å². The molecule has 0 spiro atoms. The molecule has 2 unspecified atom stereocenters. The van der Waals surface area contributed by atoms with Gasteiger partial charge in [-0.2, -0.15) is 0 Å². The Balaban J connectivity index is 3.26. The van der Waals surface area contributed by atoms with Gasteiger partial charge in [-0.3, -0.25) is 4.79 Å². The van der Waals surface area contributed by atoms with Crippen molar-refractivity contribution in [3.63, 3.8) is 0 Å². The summed E-state index contributed by atoms with van der Waals surface area (Å²) >= 11 is 0. The lowest BCUT2D eigenvalue weighted by atomic mass is 9.92. The molecule has 0 saturated heterocycles. The van der Waals surface area contributed by atoms with Gasteiger partial charge in [0.05, 0.1) is 5.92 Å². The normalized spacial score (nSPS) is 14.1. The average Bonchev–Trinajstić information content (AvgIpc) is 2.55. The maximum atomic E-state index is 10.8. The van der Waals surface area contributed by atoms with Gasteiger partial charge in [0.2, 0.25) is 0 Å². The third-order valence-electron chi connectivity index (χ3n) is 4.89. The lowest BCUT2D eigenvalue weighted by Gasteiger charge is -2.13. The molecule has 0 aliphatic rings. The zero-order chi connectivity index (χ0) is 18.0. The zero-order valence-corrected chi connectivity index (χ0v) is 16.6. The number of aliphatic carboxylic acids is 1. The average molecular weight is 339 g/mol. The van der Waals surface area contributed by atoms with E-state index in [0.717, 1.165) is 6.42 Å². The van der Waals surface area contributed by atoms with Crippen molar-refractivity contribution in [3.8, 4) is 0 Å². The first-order valence-electron chi connectivity index (χ1n) is 10.5. The fourth-order valence-corrected chi connectivity index (χ4v) is 3.21. The molecule has 0 amide bonds. The van der Waals surface area contributed by atoms with Gasteiger partial charge in [-0.15, -0.1) is 0 Å². The van der Waals surface area contributed by atoms with Gasteiger partial charge in [0.15, 0.2) is 0 Å². The predicted molar refractivity (Wildman–Crippen MR) is 105 cm³/mol. The second kappa shape index (κ2) is 17.0. The molecular formula is C22H42O2. The number of carboxylic acid groups (broad SMARTS) is 1. The maximum Gasteiger partial charge on any atom is 0.306 e. The minimum absolute atomic E-state index is 0.194. The topological polar surface area (TPSA) is 37.3 Å². The molecule has 2 heteroatoms. The molecule has 2 nitrogen and oxygen atoms in total. The van der Waals surface area contributed by atoms with Crippen LogP contribution in [-0.2, 0) is 4.79 Å². The maximum absolute atomic E-state index is 10.8. The summed E-state index contributed by atoms with van der Waals surface area (Å²) in [7, 11) is 0. The molecule has 0 aliphatic carbocycles. The summed E-state index contributed by atoms with van der Waals surface area (Å²) in [5, 5.41) is 8.92. The van der Waals surface area contributed by atoms with Crippen LogP contribution in [-0.4, -0.2) is 11.1 Å². The Bertz CT molecular complexity index is 309. The molecule has 0 aromatic carbocycles. The molecule has 0 aromatic heterocycles. The summed E-state index contributed by atoms with van der Waals surface area (Å²) in [6.07, 6.45) is 22.6. The van der Waals surface area contributed by atoms with Crippen LogP contribution in [0.3, 0.4) is 0 Å². The van der Waals surface area contributed by atoms with Crippen LogP contribution in [0.2, 0.25) is 0 Å². The Morgan fingerprint density at radius 2 is 1.33 bits per heavy atom. The van der Waals surface area contributed by atoms with Gasteiger partial charge >= 0.3 is 5.97 Å². The predicted octanol–water partition coefficient (Wildman–Crippen LogP) is 7.38. The minimum Gasteiger partial charge on any atom is -0.481 e. The van der Waals surface area contributed by atoms with Crippen molar-refractivity contribution in [2.24, 2.45) is 11.8 Å². The Labute approximate surface area is 151 Å². The van der Waals surface area contributed by atoms with E-state index < -0.39 is 5.97 Å². The first-order valence-corrected chi connectivity index (χ1v) is 10.5. The van der Waals surface area contributed by atoms with E-state index >= 15 is 0 Å². The highest BCUT2D eigenvalue weighted by atomic mass is 16.4.